The molecule has 1 heterocycles. The highest BCUT2D eigenvalue weighted by atomic mass is 32.2. The summed E-state index contributed by atoms with van der Waals surface area (Å²) in [6, 6.07) is 5.50. The third-order valence-electron chi connectivity index (χ3n) is 3.67. The first-order valence-corrected chi connectivity index (χ1v) is 8.93. The van der Waals surface area contributed by atoms with E-state index in [1.807, 2.05) is 13.8 Å². The van der Waals surface area contributed by atoms with Gasteiger partial charge in [-0.2, -0.15) is 0 Å². The highest BCUT2D eigenvalue weighted by Gasteiger charge is 2.32. The van der Waals surface area contributed by atoms with Crippen molar-refractivity contribution in [1.82, 2.24) is 5.32 Å². The molecule has 0 aliphatic carbocycles. The van der Waals surface area contributed by atoms with Crippen LogP contribution in [0.2, 0.25) is 0 Å². The second-order valence-electron chi connectivity index (χ2n) is 5.92. The van der Waals surface area contributed by atoms with E-state index >= 15 is 0 Å². The number of carbonyl (C=O) groups is 1. The van der Waals surface area contributed by atoms with Gasteiger partial charge in [-0.1, -0.05) is 6.92 Å². The van der Waals surface area contributed by atoms with Gasteiger partial charge >= 0.3 is 0 Å². The number of nitrogens with one attached hydrogen (secondary N) is 1. The quantitative estimate of drug-likeness (QED) is 0.797. The maximum atomic E-state index is 12.1. The van der Waals surface area contributed by atoms with Crippen molar-refractivity contribution < 1.29 is 22.7 Å². The van der Waals surface area contributed by atoms with Gasteiger partial charge < -0.3 is 14.8 Å². The van der Waals surface area contributed by atoms with Crippen LogP contribution in [0, 0.1) is 5.92 Å². The number of carbonyl (C=O) groups excluding carboxylic acids is 1. The molecule has 0 spiro atoms. The van der Waals surface area contributed by atoms with Crippen LogP contribution >= 0.6 is 0 Å². The number of primary sulfonamides is 1. The van der Waals surface area contributed by atoms with E-state index in [4.69, 9.17) is 14.6 Å². The molecule has 1 atom stereocenters. The molecule has 1 aromatic rings. The number of nitrogens with two attached hydrogens (primary N) is 1. The fourth-order valence-corrected chi connectivity index (χ4v) is 3.06. The molecule has 128 valence electrons. The number of rotatable bonds is 6. The summed E-state index contributed by atoms with van der Waals surface area (Å²) in [7, 11) is -3.75. The minimum Gasteiger partial charge on any atom is -0.352 e. The van der Waals surface area contributed by atoms with Crippen LogP contribution < -0.4 is 10.5 Å². The molecule has 1 aromatic carbocycles. The number of benzene rings is 1. The first-order chi connectivity index (χ1) is 10.7. The molecule has 1 amide bonds. The molecule has 1 aliphatic rings. The maximum Gasteiger partial charge on any atom is 0.251 e. The van der Waals surface area contributed by atoms with Crippen LogP contribution in [0.15, 0.2) is 29.2 Å². The van der Waals surface area contributed by atoms with Crippen molar-refractivity contribution in [1.29, 1.82) is 0 Å². The maximum absolute atomic E-state index is 12.1. The van der Waals surface area contributed by atoms with Crippen LogP contribution in [-0.2, 0) is 19.5 Å². The average Bonchev–Trinajstić information content (AvgIpc) is 2.90. The predicted molar refractivity (Wildman–Crippen MR) is 84.2 cm³/mol. The molecular formula is C15H22N2O5S. The lowest BCUT2D eigenvalue weighted by molar-refractivity contribution is -0.153. The van der Waals surface area contributed by atoms with Crippen molar-refractivity contribution in [2.24, 2.45) is 11.1 Å². The minimum atomic E-state index is -3.75. The molecule has 0 bridgehead atoms. The van der Waals surface area contributed by atoms with E-state index in [0.29, 0.717) is 31.7 Å². The highest BCUT2D eigenvalue weighted by molar-refractivity contribution is 7.89. The van der Waals surface area contributed by atoms with Gasteiger partial charge in [0.15, 0.2) is 5.79 Å². The molecule has 1 unspecified atom stereocenters. The van der Waals surface area contributed by atoms with Crippen molar-refractivity contribution >= 4 is 15.9 Å². The number of ether oxygens (including phenoxy) is 2. The second-order valence-corrected chi connectivity index (χ2v) is 7.48. The summed E-state index contributed by atoms with van der Waals surface area (Å²) >= 11 is 0. The summed E-state index contributed by atoms with van der Waals surface area (Å²) in [5.74, 6) is -0.677. The van der Waals surface area contributed by atoms with E-state index in [0.717, 1.165) is 0 Å². The SMILES string of the molecule is CC(CNC(=O)c1ccc(S(N)(=O)=O)cc1)CC1(C)OCCO1. The third kappa shape index (κ3) is 5.00. The molecule has 0 radical (unpaired) electrons. The smallest absolute Gasteiger partial charge is 0.251 e. The standard InChI is InChI=1S/C15H22N2O5S/c1-11(9-15(2)21-7-8-22-15)10-17-14(18)12-3-5-13(6-4-12)23(16,19)20/h3-6,11H,7-10H2,1-2H3,(H,17,18)(H2,16,19,20). The second kappa shape index (κ2) is 6.96. The Morgan fingerprint density at radius 1 is 1.30 bits per heavy atom. The number of amides is 1. The fourth-order valence-electron chi connectivity index (χ4n) is 2.54. The van der Waals surface area contributed by atoms with Crippen molar-refractivity contribution in [3.63, 3.8) is 0 Å². The van der Waals surface area contributed by atoms with E-state index in [9.17, 15) is 13.2 Å². The van der Waals surface area contributed by atoms with E-state index in [1.54, 1.807) is 0 Å². The summed E-state index contributed by atoms with van der Waals surface area (Å²) in [5.41, 5.74) is 0.379. The molecule has 3 N–H and O–H groups in total. The van der Waals surface area contributed by atoms with Gasteiger partial charge in [-0.15, -0.1) is 0 Å². The largest absolute Gasteiger partial charge is 0.352 e. The summed E-state index contributed by atoms with van der Waals surface area (Å²) in [5, 5.41) is 7.84. The van der Waals surface area contributed by atoms with E-state index in [-0.39, 0.29) is 16.7 Å². The molecule has 23 heavy (non-hydrogen) atoms. The van der Waals surface area contributed by atoms with E-state index in [2.05, 4.69) is 5.32 Å². The molecule has 0 aromatic heterocycles. The zero-order valence-corrected chi connectivity index (χ0v) is 14.1. The molecule has 8 heteroatoms. The van der Waals surface area contributed by atoms with Crippen molar-refractivity contribution in [3.8, 4) is 0 Å². The van der Waals surface area contributed by atoms with Gasteiger partial charge in [0.05, 0.1) is 18.1 Å². The minimum absolute atomic E-state index is 0.0223. The monoisotopic (exact) mass is 342 g/mol. The summed E-state index contributed by atoms with van der Waals surface area (Å²) in [6.45, 7) is 5.54. The van der Waals surface area contributed by atoms with Gasteiger partial charge in [0, 0.05) is 18.5 Å². The molecule has 7 nitrogen and oxygen atoms in total. The van der Waals surface area contributed by atoms with Crippen LogP contribution in [0.3, 0.4) is 0 Å². The Morgan fingerprint density at radius 3 is 2.39 bits per heavy atom. The van der Waals surface area contributed by atoms with Crippen molar-refractivity contribution in [2.45, 2.75) is 31.0 Å². The number of hydrogen-bond acceptors (Lipinski definition) is 5. The lowest BCUT2D eigenvalue weighted by atomic mass is 10.0. The molecule has 1 fully saturated rings. The van der Waals surface area contributed by atoms with Crippen molar-refractivity contribution in [2.75, 3.05) is 19.8 Å². The number of sulfonamides is 1. The molecule has 1 aliphatic heterocycles. The van der Waals surface area contributed by atoms with Gasteiger partial charge in [0.25, 0.3) is 5.91 Å². The topological polar surface area (TPSA) is 108 Å². The molecule has 1 saturated heterocycles. The van der Waals surface area contributed by atoms with Gasteiger partial charge in [-0.05, 0) is 37.1 Å². The van der Waals surface area contributed by atoms with Gasteiger partial charge in [-0.3, -0.25) is 4.79 Å². The molecular weight excluding hydrogens is 320 g/mol. The van der Waals surface area contributed by atoms with E-state index < -0.39 is 15.8 Å². The van der Waals surface area contributed by atoms with Crippen LogP contribution in [0.1, 0.15) is 30.6 Å². The van der Waals surface area contributed by atoms with Gasteiger partial charge in [-0.25, -0.2) is 13.6 Å². The van der Waals surface area contributed by atoms with Crippen LogP contribution in [-0.4, -0.2) is 39.9 Å². The Morgan fingerprint density at radius 2 is 1.87 bits per heavy atom. The predicted octanol–water partition coefficient (Wildman–Crippen LogP) is 0.853. The van der Waals surface area contributed by atoms with Crippen LogP contribution in [0.25, 0.3) is 0 Å². The number of hydrogen-bond donors (Lipinski definition) is 2. The average molecular weight is 342 g/mol. The lowest BCUT2D eigenvalue weighted by Crippen LogP contribution is -2.34. The summed E-state index contributed by atoms with van der Waals surface area (Å²) in [6.07, 6.45) is 0.678. The first-order valence-electron chi connectivity index (χ1n) is 7.39. The fraction of sp³-hybridized carbons (Fsp3) is 0.533. The molecule has 2 rings (SSSR count). The third-order valence-corrected chi connectivity index (χ3v) is 4.60. The van der Waals surface area contributed by atoms with Crippen LogP contribution in [0.4, 0.5) is 0 Å². The Bertz CT molecular complexity index is 651. The Hall–Kier alpha value is -1.48. The normalized spacial score (nSPS) is 18.6. The zero-order chi connectivity index (χ0) is 17.1. The Balaban J connectivity index is 1.87. The Labute approximate surface area is 136 Å². The zero-order valence-electron chi connectivity index (χ0n) is 13.2. The Kier molecular flexibility index (Phi) is 5.41. The summed E-state index contributed by atoms with van der Waals surface area (Å²) < 4.78 is 33.4. The van der Waals surface area contributed by atoms with Gasteiger partial charge in [0.1, 0.15) is 0 Å². The molecule has 0 saturated carbocycles. The van der Waals surface area contributed by atoms with Crippen molar-refractivity contribution in [3.05, 3.63) is 29.8 Å². The first kappa shape index (κ1) is 17.9. The van der Waals surface area contributed by atoms with Gasteiger partial charge in [0.2, 0.25) is 10.0 Å². The summed E-state index contributed by atoms with van der Waals surface area (Å²) in [4.78, 5) is 12.1. The van der Waals surface area contributed by atoms with Crippen LogP contribution in [0.5, 0.6) is 0 Å². The highest BCUT2D eigenvalue weighted by Crippen LogP contribution is 2.26. The lowest BCUT2D eigenvalue weighted by Gasteiger charge is -2.26. The van der Waals surface area contributed by atoms with E-state index in [1.165, 1.54) is 24.3 Å².